The minimum atomic E-state index is -5.10. The van der Waals surface area contributed by atoms with Crippen molar-refractivity contribution in [1.82, 2.24) is 14.1 Å². The molecule has 8 nitrogen and oxygen atoms in total. The highest BCUT2D eigenvalue weighted by atomic mass is 32.3. The monoisotopic (exact) mass is 694 g/mol. The van der Waals surface area contributed by atoms with Gasteiger partial charge >= 0.3 is 18.4 Å². The fourth-order valence-corrected chi connectivity index (χ4v) is 8.85. The lowest BCUT2D eigenvalue weighted by Crippen LogP contribution is -2.48. The number of benzene rings is 2. The zero-order valence-electron chi connectivity index (χ0n) is 25.8. The zero-order chi connectivity index (χ0) is 34.5. The van der Waals surface area contributed by atoms with Crippen LogP contribution in [0.5, 0.6) is 0 Å². The summed E-state index contributed by atoms with van der Waals surface area (Å²) in [5.41, 5.74) is -3.12. The average Bonchev–Trinajstić information content (AvgIpc) is 3.62. The largest absolute Gasteiger partial charge is 0.416 e. The molecule has 2 saturated heterocycles. The number of amides is 3. The van der Waals surface area contributed by atoms with Crippen LogP contribution in [0, 0.1) is 11.7 Å². The lowest BCUT2D eigenvalue weighted by atomic mass is 9.85. The number of halogens is 7. The molecular weight excluding hydrogens is 657 g/mol. The SMILES string of the molecule is CN(C(=O)N(C)[C@@H]1CN(C(=O)C2CCC(N3CCCS3(O)O)CC2)C[C@H]1c1ccc(F)cc1)c1cc(C(F)(F)F)cc(C(F)(F)F)c1. The van der Waals surface area contributed by atoms with Gasteiger partial charge in [0.2, 0.25) is 5.91 Å². The van der Waals surface area contributed by atoms with Crippen LogP contribution in [0.3, 0.4) is 0 Å². The van der Waals surface area contributed by atoms with Gasteiger partial charge in [-0.3, -0.25) is 18.8 Å². The second kappa shape index (κ2) is 13.1. The zero-order valence-corrected chi connectivity index (χ0v) is 26.6. The van der Waals surface area contributed by atoms with E-state index < -0.39 is 63.8 Å². The van der Waals surface area contributed by atoms with Crippen molar-refractivity contribution in [2.75, 3.05) is 44.4 Å². The molecule has 0 radical (unpaired) electrons. The maximum atomic E-state index is 13.8. The first-order valence-electron chi connectivity index (χ1n) is 15.2. The fraction of sp³-hybridized carbons (Fsp3) is 0.548. The van der Waals surface area contributed by atoms with Crippen molar-refractivity contribution in [1.29, 1.82) is 0 Å². The first-order valence-corrected chi connectivity index (χ1v) is 16.9. The van der Waals surface area contributed by atoms with Gasteiger partial charge in [-0.2, -0.15) is 26.3 Å². The predicted molar refractivity (Wildman–Crippen MR) is 162 cm³/mol. The van der Waals surface area contributed by atoms with E-state index in [9.17, 15) is 49.4 Å². The lowest BCUT2D eigenvalue weighted by molar-refractivity contribution is -0.143. The van der Waals surface area contributed by atoms with Crippen LogP contribution in [0.2, 0.25) is 0 Å². The second-order valence-corrected chi connectivity index (χ2v) is 14.7. The Morgan fingerprint density at radius 3 is 1.96 bits per heavy atom. The highest BCUT2D eigenvalue weighted by molar-refractivity contribution is 8.22. The van der Waals surface area contributed by atoms with Gasteiger partial charge in [-0.25, -0.2) is 13.5 Å². The third-order valence-electron chi connectivity index (χ3n) is 9.57. The molecule has 2 aromatic rings. The van der Waals surface area contributed by atoms with Gasteiger partial charge in [-0.05, 0) is 68.0 Å². The first kappa shape index (κ1) is 35.2. The van der Waals surface area contributed by atoms with Gasteiger partial charge in [0.05, 0.1) is 22.9 Å². The number of likely N-dealkylation sites (tertiary alicyclic amines) is 1. The Balaban J connectivity index is 1.35. The Bertz CT molecular complexity index is 1430. The molecule has 2 aliphatic heterocycles. The molecule has 0 unspecified atom stereocenters. The fourth-order valence-electron chi connectivity index (χ4n) is 6.99. The van der Waals surface area contributed by atoms with Gasteiger partial charge in [0, 0.05) is 57.3 Å². The van der Waals surface area contributed by atoms with E-state index in [-0.39, 0.29) is 37.0 Å². The van der Waals surface area contributed by atoms with Crippen molar-refractivity contribution in [3.8, 4) is 0 Å². The molecule has 3 amide bonds. The number of likely N-dealkylation sites (N-methyl/N-ethyl adjacent to an activating group) is 1. The summed E-state index contributed by atoms with van der Waals surface area (Å²) in [4.78, 5) is 30.9. The predicted octanol–water partition coefficient (Wildman–Crippen LogP) is 7.28. The van der Waals surface area contributed by atoms with Gasteiger partial charge in [0.25, 0.3) is 0 Å². The summed E-state index contributed by atoms with van der Waals surface area (Å²) in [5, 5.41) is 0. The molecule has 0 spiro atoms. The van der Waals surface area contributed by atoms with E-state index in [1.165, 1.54) is 36.2 Å². The maximum Gasteiger partial charge on any atom is 0.416 e. The highest BCUT2D eigenvalue weighted by Crippen LogP contribution is 2.52. The average molecular weight is 695 g/mol. The minimum absolute atomic E-state index is 0.0136. The molecule has 5 rings (SSSR count). The molecular formula is C31H37F7N4O4S. The van der Waals surface area contributed by atoms with Crippen LogP contribution in [0.15, 0.2) is 42.5 Å². The van der Waals surface area contributed by atoms with Gasteiger partial charge in [0.1, 0.15) is 5.82 Å². The Labute approximate surface area is 269 Å². The number of urea groups is 1. The second-order valence-electron chi connectivity index (χ2n) is 12.5. The molecule has 260 valence electrons. The molecule has 1 saturated carbocycles. The molecule has 2 heterocycles. The van der Waals surface area contributed by atoms with E-state index in [1.54, 1.807) is 9.21 Å². The summed E-state index contributed by atoms with van der Waals surface area (Å²) in [6.07, 6.45) is -7.26. The molecule has 0 bridgehead atoms. The molecule has 2 aromatic carbocycles. The van der Waals surface area contributed by atoms with Crippen LogP contribution < -0.4 is 4.90 Å². The summed E-state index contributed by atoms with van der Waals surface area (Å²) in [5.74, 6) is -1.20. The van der Waals surface area contributed by atoms with Crippen molar-refractivity contribution in [2.45, 2.75) is 62.5 Å². The summed E-state index contributed by atoms with van der Waals surface area (Å²) < 4.78 is 117. The minimum Gasteiger partial charge on any atom is -0.340 e. The summed E-state index contributed by atoms with van der Waals surface area (Å²) in [6, 6.07) is 4.76. The van der Waals surface area contributed by atoms with Crippen molar-refractivity contribution in [3.05, 3.63) is 65.0 Å². The van der Waals surface area contributed by atoms with E-state index in [4.69, 9.17) is 0 Å². The standard InChI is InChI=1S/C31H37F7N4O4S/c1-39(25-15-21(30(33,34)35)14-22(16-25)31(36,37)38)29(44)40(2)27-18-41(17-26(27)19-4-8-23(32)9-5-19)28(43)20-6-10-24(11-7-20)42-12-3-13-47(42,45)46/h4-5,8-9,14-16,20,24,26-27,45-46H,3,6-7,10-13,17-18H2,1-2H3/t20?,24?,26-,27+/m0/s1. The van der Waals surface area contributed by atoms with E-state index in [0.29, 0.717) is 67.0 Å². The van der Waals surface area contributed by atoms with E-state index in [2.05, 4.69) is 0 Å². The van der Waals surface area contributed by atoms with Crippen molar-refractivity contribution in [2.24, 2.45) is 5.92 Å². The normalized spacial score (nSPS) is 25.9. The number of hydrogen-bond acceptors (Lipinski definition) is 5. The quantitative estimate of drug-likeness (QED) is 0.322. The third kappa shape index (κ3) is 7.50. The van der Waals surface area contributed by atoms with E-state index in [0.717, 1.165) is 7.05 Å². The van der Waals surface area contributed by atoms with Gasteiger partial charge in [0.15, 0.2) is 0 Å². The first-order chi connectivity index (χ1) is 21.9. The Morgan fingerprint density at radius 1 is 0.872 bits per heavy atom. The summed E-state index contributed by atoms with van der Waals surface area (Å²) in [6.45, 7) is 0.788. The van der Waals surface area contributed by atoms with Gasteiger partial charge in [-0.15, -0.1) is 10.8 Å². The van der Waals surface area contributed by atoms with Crippen LogP contribution >= 0.6 is 10.8 Å². The molecule has 47 heavy (non-hydrogen) atoms. The lowest BCUT2D eigenvalue weighted by Gasteiger charge is -2.44. The van der Waals surface area contributed by atoms with Crippen LogP contribution in [-0.2, 0) is 17.1 Å². The molecule has 2 N–H and O–H groups in total. The van der Waals surface area contributed by atoms with Crippen LogP contribution in [-0.4, -0.2) is 86.7 Å². The van der Waals surface area contributed by atoms with Crippen molar-refractivity contribution >= 4 is 28.4 Å². The molecule has 1 aliphatic carbocycles. The number of alkyl halides is 6. The Morgan fingerprint density at radius 2 is 1.45 bits per heavy atom. The smallest absolute Gasteiger partial charge is 0.340 e. The molecule has 3 aliphatic rings. The summed E-state index contributed by atoms with van der Waals surface area (Å²) >= 11 is 0. The number of carbonyl (C=O) groups excluding carboxylic acids is 2. The molecule has 16 heteroatoms. The number of nitrogens with zero attached hydrogens (tertiary/aromatic N) is 4. The van der Waals surface area contributed by atoms with Gasteiger partial charge < -0.3 is 9.80 Å². The topological polar surface area (TPSA) is 87.6 Å². The van der Waals surface area contributed by atoms with Crippen LogP contribution in [0.4, 0.5) is 41.2 Å². The van der Waals surface area contributed by atoms with Crippen LogP contribution in [0.1, 0.15) is 54.7 Å². The van der Waals surface area contributed by atoms with Crippen molar-refractivity contribution < 1.29 is 49.4 Å². The Kier molecular flexibility index (Phi) is 9.81. The molecule has 2 atom stereocenters. The highest BCUT2D eigenvalue weighted by Gasteiger charge is 2.44. The maximum absolute atomic E-state index is 13.8. The van der Waals surface area contributed by atoms with Crippen LogP contribution in [0.25, 0.3) is 0 Å². The molecule has 0 aromatic heterocycles. The Hall–Kier alpha value is -3.08. The third-order valence-corrected chi connectivity index (χ3v) is 11.6. The number of rotatable bonds is 5. The van der Waals surface area contributed by atoms with Gasteiger partial charge in [-0.1, -0.05) is 12.1 Å². The molecule has 3 fully saturated rings. The van der Waals surface area contributed by atoms with Crippen molar-refractivity contribution in [3.63, 3.8) is 0 Å². The number of carbonyl (C=O) groups is 2. The number of hydrogen-bond donors (Lipinski definition) is 2. The van der Waals surface area contributed by atoms with E-state index >= 15 is 0 Å². The number of anilines is 1. The summed E-state index contributed by atoms with van der Waals surface area (Å²) in [7, 11) is -0.351. The van der Waals surface area contributed by atoms with E-state index in [1.807, 2.05) is 0 Å².